The first-order valence-electron chi connectivity index (χ1n) is 2.11. The van der Waals surface area contributed by atoms with Crippen LogP contribution in [0, 0.1) is 0 Å². The Morgan fingerprint density at radius 2 is 2.71 bits per heavy atom. The third kappa shape index (κ3) is 1.17. The van der Waals surface area contributed by atoms with Crippen molar-refractivity contribution < 1.29 is 0 Å². The zero-order valence-electron chi connectivity index (χ0n) is 4.11. The summed E-state index contributed by atoms with van der Waals surface area (Å²) in [6.45, 7) is 0.927. The van der Waals surface area contributed by atoms with Crippen LogP contribution < -0.4 is 5.43 Å². The van der Waals surface area contributed by atoms with Crippen molar-refractivity contribution in [2.24, 2.45) is 0 Å². The van der Waals surface area contributed by atoms with Crippen LogP contribution in [-0.2, 0) is 0 Å². The maximum Gasteiger partial charge on any atom is 0.0481 e. The minimum atomic E-state index is 0.927. The van der Waals surface area contributed by atoms with Crippen LogP contribution in [0.3, 0.4) is 0 Å². The minimum Gasteiger partial charge on any atom is -0.318 e. The zero-order valence-corrected chi connectivity index (χ0v) is 5.70. The Labute approximate surface area is 51.3 Å². The number of hydrazine groups is 1. The molecule has 0 aromatic heterocycles. The third-order valence-corrected chi connectivity index (χ3v) is 1.32. The molecule has 1 aliphatic heterocycles. The monoisotopic (exact) mass is 162 g/mol. The number of rotatable bonds is 0. The minimum absolute atomic E-state index is 0.927. The maximum atomic E-state index is 3.34. The highest BCUT2D eigenvalue weighted by Crippen LogP contribution is 2.07. The molecule has 0 unspecified atom stereocenters. The standard InChI is InChI=1S/C4H7BrN2/c1-7-3-4(5)2-6-7/h3,6H,2H2,1H3. The van der Waals surface area contributed by atoms with Crippen molar-refractivity contribution in [3.63, 3.8) is 0 Å². The molecule has 0 amide bonds. The summed E-state index contributed by atoms with van der Waals surface area (Å²) in [5.74, 6) is 0. The van der Waals surface area contributed by atoms with E-state index in [0.717, 1.165) is 6.54 Å². The van der Waals surface area contributed by atoms with Gasteiger partial charge in [-0.2, -0.15) is 0 Å². The molecule has 1 rings (SSSR count). The van der Waals surface area contributed by atoms with Crippen molar-refractivity contribution in [1.82, 2.24) is 10.4 Å². The van der Waals surface area contributed by atoms with E-state index in [9.17, 15) is 0 Å². The lowest BCUT2D eigenvalue weighted by molar-refractivity contribution is 0.374. The first kappa shape index (κ1) is 5.12. The van der Waals surface area contributed by atoms with E-state index in [1.807, 2.05) is 18.3 Å². The maximum absolute atomic E-state index is 3.34. The summed E-state index contributed by atoms with van der Waals surface area (Å²) in [5, 5.41) is 1.92. The average Bonchev–Trinajstić information content (AvgIpc) is 1.87. The molecule has 0 radical (unpaired) electrons. The molecule has 1 aliphatic rings. The molecule has 1 N–H and O–H groups in total. The molecule has 0 aromatic rings. The fourth-order valence-electron chi connectivity index (χ4n) is 0.502. The molecular formula is C4H7BrN2. The van der Waals surface area contributed by atoms with Crippen LogP contribution in [0.15, 0.2) is 10.7 Å². The number of hydrogen-bond acceptors (Lipinski definition) is 2. The summed E-state index contributed by atoms with van der Waals surface area (Å²) in [5.41, 5.74) is 3.06. The van der Waals surface area contributed by atoms with Crippen molar-refractivity contribution in [3.8, 4) is 0 Å². The van der Waals surface area contributed by atoms with E-state index < -0.39 is 0 Å². The smallest absolute Gasteiger partial charge is 0.0481 e. The molecule has 3 heteroatoms. The number of hydrogen-bond donors (Lipinski definition) is 1. The molecule has 0 spiro atoms. The van der Waals surface area contributed by atoms with E-state index in [-0.39, 0.29) is 0 Å². The topological polar surface area (TPSA) is 15.3 Å². The predicted molar refractivity (Wildman–Crippen MR) is 32.8 cm³/mol. The van der Waals surface area contributed by atoms with E-state index in [4.69, 9.17) is 0 Å². The van der Waals surface area contributed by atoms with Crippen molar-refractivity contribution in [3.05, 3.63) is 10.7 Å². The van der Waals surface area contributed by atoms with Crippen LogP contribution in [0.4, 0.5) is 0 Å². The molecule has 0 fully saturated rings. The zero-order chi connectivity index (χ0) is 5.28. The van der Waals surface area contributed by atoms with Gasteiger partial charge in [-0.15, -0.1) is 0 Å². The molecule has 0 saturated carbocycles. The van der Waals surface area contributed by atoms with Gasteiger partial charge >= 0.3 is 0 Å². The third-order valence-electron chi connectivity index (χ3n) is 0.831. The second-order valence-electron chi connectivity index (χ2n) is 1.52. The van der Waals surface area contributed by atoms with Crippen molar-refractivity contribution in [2.45, 2.75) is 0 Å². The Hall–Kier alpha value is -0.0200. The SMILES string of the molecule is CN1C=C(Br)CN1. The van der Waals surface area contributed by atoms with Crippen molar-refractivity contribution in [2.75, 3.05) is 13.6 Å². The van der Waals surface area contributed by atoms with E-state index >= 15 is 0 Å². The summed E-state index contributed by atoms with van der Waals surface area (Å²) >= 11 is 3.34. The lowest BCUT2D eigenvalue weighted by atomic mass is 10.7. The molecule has 2 nitrogen and oxygen atoms in total. The van der Waals surface area contributed by atoms with Crippen LogP contribution >= 0.6 is 15.9 Å². The number of nitrogens with zero attached hydrogens (tertiary/aromatic N) is 1. The molecule has 7 heavy (non-hydrogen) atoms. The lowest BCUT2D eigenvalue weighted by Gasteiger charge is -2.04. The van der Waals surface area contributed by atoms with Crippen molar-refractivity contribution >= 4 is 15.9 Å². The predicted octanol–water partition coefficient (Wildman–Crippen LogP) is 0.673. The second-order valence-corrected chi connectivity index (χ2v) is 2.54. The van der Waals surface area contributed by atoms with Gasteiger partial charge in [0.15, 0.2) is 0 Å². The van der Waals surface area contributed by atoms with E-state index in [1.165, 1.54) is 4.48 Å². The lowest BCUT2D eigenvalue weighted by Crippen LogP contribution is -2.23. The molecule has 1 heterocycles. The first-order valence-corrected chi connectivity index (χ1v) is 2.91. The molecule has 0 aliphatic carbocycles. The Bertz CT molecular complexity index is 99.9. The Morgan fingerprint density at radius 3 is 2.86 bits per heavy atom. The Morgan fingerprint density at radius 1 is 2.00 bits per heavy atom. The highest BCUT2D eigenvalue weighted by molar-refractivity contribution is 9.11. The molecule has 0 aromatic carbocycles. The van der Waals surface area contributed by atoms with Gasteiger partial charge in [0.1, 0.15) is 0 Å². The van der Waals surface area contributed by atoms with Gasteiger partial charge in [0.05, 0.1) is 0 Å². The quantitative estimate of drug-likeness (QED) is 0.564. The van der Waals surface area contributed by atoms with Crippen LogP contribution in [0.25, 0.3) is 0 Å². The van der Waals surface area contributed by atoms with Gasteiger partial charge in [-0.1, -0.05) is 15.9 Å². The Kier molecular flexibility index (Phi) is 1.35. The Balaban J connectivity index is 2.50. The van der Waals surface area contributed by atoms with E-state index in [0.29, 0.717) is 0 Å². The molecule has 0 saturated heterocycles. The van der Waals surface area contributed by atoms with Gasteiger partial charge in [-0.25, -0.2) is 5.43 Å². The fourth-order valence-corrected chi connectivity index (χ4v) is 0.934. The van der Waals surface area contributed by atoms with Gasteiger partial charge in [0.2, 0.25) is 0 Å². The van der Waals surface area contributed by atoms with E-state index in [2.05, 4.69) is 21.4 Å². The highest BCUT2D eigenvalue weighted by Gasteiger charge is 2.01. The van der Waals surface area contributed by atoms with Gasteiger partial charge < -0.3 is 5.01 Å². The first-order chi connectivity index (χ1) is 3.29. The number of halogens is 1. The normalized spacial score (nSPS) is 20.3. The van der Waals surface area contributed by atoms with Gasteiger partial charge in [-0.05, 0) is 0 Å². The average molecular weight is 163 g/mol. The van der Waals surface area contributed by atoms with E-state index in [1.54, 1.807) is 0 Å². The van der Waals surface area contributed by atoms with Crippen LogP contribution in [0.1, 0.15) is 0 Å². The van der Waals surface area contributed by atoms with Crippen LogP contribution in [0.2, 0.25) is 0 Å². The molecular weight excluding hydrogens is 156 g/mol. The summed E-state index contributed by atoms with van der Waals surface area (Å²) < 4.78 is 1.20. The van der Waals surface area contributed by atoms with Crippen LogP contribution in [-0.4, -0.2) is 18.6 Å². The highest BCUT2D eigenvalue weighted by atomic mass is 79.9. The van der Waals surface area contributed by atoms with Gasteiger partial charge in [-0.3, -0.25) is 0 Å². The summed E-state index contributed by atoms with van der Waals surface area (Å²) in [6.07, 6.45) is 2.00. The molecule has 0 bridgehead atoms. The summed E-state index contributed by atoms with van der Waals surface area (Å²) in [7, 11) is 1.97. The van der Waals surface area contributed by atoms with Crippen molar-refractivity contribution in [1.29, 1.82) is 0 Å². The van der Waals surface area contributed by atoms with Gasteiger partial charge in [0, 0.05) is 24.3 Å². The second kappa shape index (κ2) is 1.84. The summed E-state index contributed by atoms with van der Waals surface area (Å²) in [6, 6.07) is 0. The molecule has 0 atom stereocenters. The largest absolute Gasteiger partial charge is 0.318 e. The van der Waals surface area contributed by atoms with Crippen LogP contribution in [0.5, 0.6) is 0 Å². The number of nitrogens with one attached hydrogen (secondary N) is 1. The van der Waals surface area contributed by atoms with Gasteiger partial charge in [0.25, 0.3) is 0 Å². The fraction of sp³-hybridized carbons (Fsp3) is 0.500. The summed E-state index contributed by atoms with van der Waals surface area (Å²) in [4.78, 5) is 0. The molecule has 40 valence electrons.